The molecule has 0 bridgehead atoms. The van der Waals surface area contributed by atoms with E-state index in [0.29, 0.717) is 5.92 Å². The van der Waals surface area contributed by atoms with Crippen LogP contribution in [0.25, 0.3) is 0 Å². The summed E-state index contributed by atoms with van der Waals surface area (Å²) in [6.07, 6.45) is 2.42. The SMILES string of the molecule is Cc1sc(C2CC2)nc1C(C)(C)C(=O)O. The first-order valence-electron chi connectivity index (χ1n) is 5.14. The molecule has 0 radical (unpaired) electrons. The molecule has 1 aliphatic carbocycles. The Labute approximate surface area is 93.2 Å². The van der Waals surface area contributed by atoms with Crippen LogP contribution in [0.3, 0.4) is 0 Å². The van der Waals surface area contributed by atoms with Crippen molar-refractivity contribution >= 4 is 17.3 Å². The number of aryl methyl sites for hydroxylation is 1. The van der Waals surface area contributed by atoms with Crippen LogP contribution >= 0.6 is 11.3 Å². The van der Waals surface area contributed by atoms with E-state index in [1.807, 2.05) is 6.92 Å². The molecule has 1 aliphatic rings. The Kier molecular flexibility index (Phi) is 2.34. The highest BCUT2D eigenvalue weighted by atomic mass is 32.1. The van der Waals surface area contributed by atoms with E-state index in [1.165, 1.54) is 12.8 Å². The molecule has 82 valence electrons. The zero-order valence-corrected chi connectivity index (χ0v) is 10.0. The van der Waals surface area contributed by atoms with Crippen LogP contribution < -0.4 is 0 Å². The largest absolute Gasteiger partial charge is 0.481 e. The van der Waals surface area contributed by atoms with Crippen molar-refractivity contribution in [3.63, 3.8) is 0 Å². The number of carboxylic acid groups (broad SMARTS) is 1. The van der Waals surface area contributed by atoms with Gasteiger partial charge in [0, 0.05) is 10.8 Å². The fraction of sp³-hybridized carbons (Fsp3) is 0.636. The summed E-state index contributed by atoms with van der Waals surface area (Å²) in [6.45, 7) is 5.39. The van der Waals surface area contributed by atoms with E-state index in [0.717, 1.165) is 15.6 Å². The minimum atomic E-state index is -0.867. The van der Waals surface area contributed by atoms with Crippen LogP contribution in [0.5, 0.6) is 0 Å². The molecule has 0 amide bonds. The van der Waals surface area contributed by atoms with Crippen LogP contribution in [0.1, 0.15) is 48.2 Å². The van der Waals surface area contributed by atoms with E-state index in [9.17, 15) is 4.79 Å². The lowest BCUT2D eigenvalue weighted by Crippen LogP contribution is -2.29. The predicted molar refractivity (Wildman–Crippen MR) is 59.5 cm³/mol. The highest BCUT2D eigenvalue weighted by Gasteiger charge is 2.36. The maximum Gasteiger partial charge on any atom is 0.315 e. The summed E-state index contributed by atoms with van der Waals surface area (Å²) in [5, 5.41) is 10.3. The summed E-state index contributed by atoms with van der Waals surface area (Å²) in [5.74, 6) is -0.203. The van der Waals surface area contributed by atoms with Gasteiger partial charge in [-0.3, -0.25) is 4.79 Å². The van der Waals surface area contributed by atoms with Crippen LogP contribution in [0.4, 0.5) is 0 Å². The molecule has 1 fully saturated rings. The molecule has 1 N–H and O–H groups in total. The van der Waals surface area contributed by atoms with E-state index in [1.54, 1.807) is 25.2 Å². The van der Waals surface area contributed by atoms with E-state index in [-0.39, 0.29) is 0 Å². The van der Waals surface area contributed by atoms with Gasteiger partial charge in [0.15, 0.2) is 0 Å². The number of carboxylic acids is 1. The van der Waals surface area contributed by atoms with Crippen molar-refractivity contribution in [1.29, 1.82) is 0 Å². The highest BCUT2D eigenvalue weighted by Crippen LogP contribution is 2.44. The van der Waals surface area contributed by atoms with Gasteiger partial charge in [0.25, 0.3) is 0 Å². The van der Waals surface area contributed by atoms with Gasteiger partial charge in [0.1, 0.15) is 5.41 Å². The molecule has 3 nitrogen and oxygen atoms in total. The number of aromatic nitrogens is 1. The van der Waals surface area contributed by atoms with E-state index in [2.05, 4.69) is 4.98 Å². The van der Waals surface area contributed by atoms with Crippen LogP contribution in [0, 0.1) is 6.92 Å². The van der Waals surface area contributed by atoms with Gasteiger partial charge >= 0.3 is 5.97 Å². The third-order valence-corrected chi connectivity index (χ3v) is 4.00. The zero-order chi connectivity index (χ0) is 11.2. The smallest absolute Gasteiger partial charge is 0.315 e. The van der Waals surface area contributed by atoms with Gasteiger partial charge in [-0.05, 0) is 33.6 Å². The molecular weight excluding hydrogens is 210 g/mol. The Balaban J connectivity index is 2.38. The molecule has 4 heteroatoms. The molecule has 0 spiro atoms. The average Bonchev–Trinajstić information content (AvgIpc) is 2.89. The van der Waals surface area contributed by atoms with Crippen molar-refractivity contribution in [2.24, 2.45) is 0 Å². The van der Waals surface area contributed by atoms with Crippen molar-refractivity contribution in [2.45, 2.75) is 44.9 Å². The third kappa shape index (κ3) is 1.78. The number of hydrogen-bond acceptors (Lipinski definition) is 3. The molecule has 0 saturated heterocycles. The number of carbonyl (C=O) groups is 1. The standard InChI is InChI=1S/C11H15NO2S/c1-6-8(11(2,3)10(13)14)12-9(15-6)7-4-5-7/h7H,4-5H2,1-3H3,(H,13,14). The van der Waals surface area contributed by atoms with Gasteiger partial charge in [0.05, 0.1) is 10.7 Å². The summed E-state index contributed by atoms with van der Waals surface area (Å²) in [4.78, 5) is 16.7. The topological polar surface area (TPSA) is 50.2 Å². The molecule has 2 rings (SSSR count). The van der Waals surface area contributed by atoms with Gasteiger partial charge in [-0.15, -0.1) is 11.3 Å². The number of aliphatic carboxylic acids is 1. The second kappa shape index (κ2) is 3.30. The molecule has 0 unspecified atom stereocenters. The molecule has 0 atom stereocenters. The molecule has 1 aromatic rings. The van der Waals surface area contributed by atoms with E-state index in [4.69, 9.17) is 5.11 Å². The predicted octanol–water partition coefficient (Wildman–Crippen LogP) is 2.69. The summed E-state index contributed by atoms with van der Waals surface area (Å²) >= 11 is 1.65. The number of thiazole rings is 1. The van der Waals surface area contributed by atoms with Crippen LogP contribution in [0.15, 0.2) is 0 Å². The summed E-state index contributed by atoms with van der Waals surface area (Å²) < 4.78 is 0. The third-order valence-electron chi connectivity index (χ3n) is 2.87. The second-order valence-electron chi connectivity index (χ2n) is 4.66. The number of hydrogen-bond donors (Lipinski definition) is 1. The first-order valence-corrected chi connectivity index (χ1v) is 5.95. The van der Waals surface area contributed by atoms with Crippen molar-refractivity contribution in [3.05, 3.63) is 15.6 Å². The molecule has 1 saturated carbocycles. The average molecular weight is 225 g/mol. The van der Waals surface area contributed by atoms with Crippen molar-refractivity contribution < 1.29 is 9.90 Å². The zero-order valence-electron chi connectivity index (χ0n) is 9.20. The van der Waals surface area contributed by atoms with Crippen molar-refractivity contribution in [2.75, 3.05) is 0 Å². The second-order valence-corrected chi connectivity index (χ2v) is 5.90. The molecule has 0 aromatic carbocycles. The van der Waals surface area contributed by atoms with Crippen LogP contribution in [0.2, 0.25) is 0 Å². The Hall–Kier alpha value is -0.900. The maximum atomic E-state index is 11.1. The minimum absolute atomic E-state index is 0.604. The van der Waals surface area contributed by atoms with Gasteiger partial charge in [-0.1, -0.05) is 0 Å². The quantitative estimate of drug-likeness (QED) is 0.860. The summed E-state index contributed by atoms with van der Waals surface area (Å²) in [6, 6.07) is 0. The fourth-order valence-corrected chi connectivity index (χ4v) is 2.85. The first kappa shape index (κ1) is 10.6. The number of rotatable bonds is 3. The maximum absolute atomic E-state index is 11.1. The monoisotopic (exact) mass is 225 g/mol. The minimum Gasteiger partial charge on any atom is -0.481 e. The molecule has 0 aliphatic heterocycles. The van der Waals surface area contributed by atoms with Crippen LogP contribution in [-0.4, -0.2) is 16.1 Å². The Morgan fingerprint density at radius 1 is 1.53 bits per heavy atom. The normalized spacial score (nSPS) is 16.7. The molecule has 15 heavy (non-hydrogen) atoms. The summed E-state index contributed by atoms with van der Waals surface area (Å²) in [5.41, 5.74) is -0.129. The van der Waals surface area contributed by atoms with Crippen LogP contribution in [-0.2, 0) is 10.2 Å². The molecular formula is C11H15NO2S. The highest BCUT2D eigenvalue weighted by molar-refractivity contribution is 7.11. The van der Waals surface area contributed by atoms with Gasteiger partial charge in [-0.2, -0.15) is 0 Å². The van der Waals surface area contributed by atoms with Crippen molar-refractivity contribution in [1.82, 2.24) is 4.98 Å². The molecule has 1 aromatic heterocycles. The number of nitrogens with zero attached hydrogens (tertiary/aromatic N) is 1. The first-order chi connectivity index (χ1) is 6.93. The lowest BCUT2D eigenvalue weighted by atomic mass is 9.89. The Bertz CT molecular complexity index is 405. The lowest BCUT2D eigenvalue weighted by Gasteiger charge is -2.17. The Morgan fingerprint density at radius 2 is 2.13 bits per heavy atom. The fourth-order valence-electron chi connectivity index (χ4n) is 1.60. The van der Waals surface area contributed by atoms with Gasteiger partial charge in [0.2, 0.25) is 0 Å². The lowest BCUT2D eigenvalue weighted by molar-refractivity contribution is -0.142. The molecule has 1 heterocycles. The van der Waals surface area contributed by atoms with E-state index < -0.39 is 11.4 Å². The van der Waals surface area contributed by atoms with Crippen molar-refractivity contribution in [3.8, 4) is 0 Å². The van der Waals surface area contributed by atoms with Gasteiger partial charge < -0.3 is 5.11 Å². The Morgan fingerprint density at radius 3 is 2.60 bits per heavy atom. The van der Waals surface area contributed by atoms with Gasteiger partial charge in [-0.25, -0.2) is 4.98 Å². The van der Waals surface area contributed by atoms with E-state index >= 15 is 0 Å². The summed E-state index contributed by atoms with van der Waals surface area (Å²) in [7, 11) is 0.